The second kappa shape index (κ2) is 6.43. The van der Waals surface area contributed by atoms with Crippen molar-refractivity contribution in [2.45, 2.75) is 40.0 Å². The summed E-state index contributed by atoms with van der Waals surface area (Å²) in [5.74, 6) is 1.10. The fraction of sp³-hybridized carbons (Fsp3) is 0.533. The van der Waals surface area contributed by atoms with E-state index in [4.69, 9.17) is 15.9 Å². The first-order chi connectivity index (χ1) is 8.45. The van der Waals surface area contributed by atoms with E-state index in [1.54, 1.807) is 0 Å². The van der Waals surface area contributed by atoms with Crippen molar-refractivity contribution < 1.29 is 4.74 Å². The molecule has 3 heteroatoms. The molecule has 0 aromatic heterocycles. The highest BCUT2D eigenvalue weighted by molar-refractivity contribution is 5.82. The predicted molar refractivity (Wildman–Crippen MR) is 76.2 cm³/mol. The van der Waals surface area contributed by atoms with E-state index in [-0.39, 0.29) is 11.3 Å². The van der Waals surface area contributed by atoms with Gasteiger partial charge >= 0.3 is 0 Å². The second-order valence-electron chi connectivity index (χ2n) is 5.29. The molecule has 100 valence electrons. The summed E-state index contributed by atoms with van der Waals surface area (Å²) in [6.45, 7) is 6.68. The minimum Gasteiger partial charge on any atom is -0.494 e. The van der Waals surface area contributed by atoms with Crippen LogP contribution in [0, 0.1) is 10.8 Å². The molecule has 0 aliphatic heterocycles. The Hall–Kier alpha value is -1.51. The molecule has 0 unspecified atom stereocenters. The molecule has 3 nitrogen and oxygen atoms in total. The van der Waals surface area contributed by atoms with E-state index in [0.717, 1.165) is 25.0 Å². The summed E-state index contributed by atoms with van der Waals surface area (Å²) in [5, 5.41) is 7.48. The van der Waals surface area contributed by atoms with Crippen LogP contribution in [-0.4, -0.2) is 12.4 Å². The van der Waals surface area contributed by atoms with E-state index in [9.17, 15) is 0 Å². The van der Waals surface area contributed by atoms with Crippen LogP contribution >= 0.6 is 0 Å². The van der Waals surface area contributed by atoms with Crippen LogP contribution in [0.15, 0.2) is 24.3 Å². The van der Waals surface area contributed by atoms with Crippen LogP contribution in [0.2, 0.25) is 0 Å². The van der Waals surface area contributed by atoms with Crippen molar-refractivity contribution in [1.29, 1.82) is 5.41 Å². The maximum atomic E-state index is 7.48. The van der Waals surface area contributed by atoms with E-state index in [1.807, 2.05) is 26.0 Å². The van der Waals surface area contributed by atoms with E-state index < -0.39 is 0 Å². The van der Waals surface area contributed by atoms with Crippen LogP contribution in [0.4, 0.5) is 0 Å². The zero-order chi connectivity index (χ0) is 13.6. The number of nitrogens with two attached hydrogens (primary N) is 1. The highest BCUT2D eigenvalue weighted by atomic mass is 16.5. The maximum Gasteiger partial charge on any atom is 0.119 e. The summed E-state index contributed by atoms with van der Waals surface area (Å²) in [6.07, 6.45) is 3.02. The Kier molecular flexibility index (Phi) is 5.20. The molecule has 0 saturated heterocycles. The van der Waals surface area contributed by atoms with Crippen molar-refractivity contribution in [1.82, 2.24) is 0 Å². The molecular formula is C15H24N2O. The number of aryl methyl sites for hydroxylation is 1. The molecule has 0 saturated carbocycles. The topological polar surface area (TPSA) is 59.1 Å². The molecule has 0 atom stereocenters. The number of benzene rings is 1. The number of hydrogen-bond acceptors (Lipinski definition) is 2. The minimum absolute atomic E-state index is 0.212. The van der Waals surface area contributed by atoms with Gasteiger partial charge in [-0.2, -0.15) is 0 Å². The first-order valence-corrected chi connectivity index (χ1v) is 6.52. The lowest BCUT2D eigenvalue weighted by Crippen LogP contribution is -2.32. The van der Waals surface area contributed by atoms with Gasteiger partial charge in [0.25, 0.3) is 0 Å². The molecular weight excluding hydrogens is 224 g/mol. The van der Waals surface area contributed by atoms with Crippen LogP contribution in [-0.2, 0) is 6.42 Å². The summed E-state index contributed by atoms with van der Waals surface area (Å²) in [4.78, 5) is 0. The lowest BCUT2D eigenvalue weighted by molar-refractivity contribution is 0.268. The molecule has 1 aromatic rings. The average Bonchev–Trinajstić information content (AvgIpc) is 2.31. The third kappa shape index (κ3) is 4.40. The summed E-state index contributed by atoms with van der Waals surface area (Å²) >= 11 is 0. The Balaban J connectivity index is 2.42. The molecule has 3 N–H and O–H groups in total. The summed E-state index contributed by atoms with van der Waals surface area (Å²) in [5.41, 5.74) is 6.58. The number of rotatable bonds is 7. The molecule has 0 aliphatic carbocycles. The molecule has 0 bridgehead atoms. The fourth-order valence-electron chi connectivity index (χ4n) is 1.60. The number of nitrogens with one attached hydrogen (secondary N) is 1. The molecule has 0 aliphatic rings. The maximum absolute atomic E-state index is 7.48. The quantitative estimate of drug-likeness (QED) is 0.574. The van der Waals surface area contributed by atoms with E-state index in [2.05, 4.69) is 19.1 Å². The molecule has 0 radical (unpaired) electrons. The monoisotopic (exact) mass is 248 g/mol. The SMILES string of the molecule is CCCc1ccc(OCCC(C)(C)C(=N)N)cc1. The van der Waals surface area contributed by atoms with Gasteiger partial charge in [-0.05, 0) is 30.5 Å². The van der Waals surface area contributed by atoms with Gasteiger partial charge in [-0.25, -0.2) is 0 Å². The van der Waals surface area contributed by atoms with Crippen LogP contribution in [0.1, 0.15) is 39.2 Å². The molecule has 0 fully saturated rings. The second-order valence-corrected chi connectivity index (χ2v) is 5.29. The van der Waals surface area contributed by atoms with E-state index >= 15 is 0 Å². The zero-order valence-corrected chi connectivity index (χ0v) is 11.6. The van der Waals surface area contributed by atoms with Gasteiger partial charge in [-0.3, -0.25) is 5.41 Å². The van der Waals surface area contributed by atoms with Gasteiger partial charge in [0.15, 0.2) is 0 Å². The van der Waals surface area contributed by atoms with Gasteiger partial charge in [0, 0.05) is 5.41 Å². The van der Waals surface area contributed by atoms with Crippen LogP contribution in [0.5, 0.6) is 5.75 Å². The van der Waals surface area contributed by atoms with Gasteiger partial charge in [-0.15, -0.1) is 0 Å². The first kappa shape index (κ1) is 14.6. The van der Waals surface area contributed by atoms with Crippen LogP contribution < -0.4 is 10.5 Å². The van der Waals surface area contributed by atoms with Crippen molar-refractivity contribution in [2.75, 3.05) is 6.61 Å². The average molecular weight is 248 g/mol. The van der Waals surface area contributed by atoms with Crippen LogP contribution in [0.25, 0.3) is 0 Å². The first-order valence-electron chi connectivity index (χ1n) is 6.52. The third-order valence-corrected chi connectivity index (χ3v) is 3.19. The predicted octanol–water partition coefficient (Wildman–Crippen LogP) is 3.37. The van der Waals surface area contributed by atoms with Gasteiger partial charge in [0.1, 0.15) is 5.75 Å². The number of ether oxygens (including phenoxy) is 1. The third-order valence-electron chi connectivity index (χ3n) is 3.19. The number of hydrogen-bond donors (Lipinski definition) is 2. The standard InChI is InChI=1S/C15H24N2O/c1-4-5-12-6-8-13(9-7-12)18-11-10-15(2,3)14(16)17/h6-9H,4-5,10-11H2,1-3H3,(H3,16,17). The van der Waals surface area contributed by atoms with Crippen molar-refractivity contribution >= 4 is 5.84 Å². The summed E-state index contributed by atoms with van der Waals surface area (Å²) in [7, 11) is 0. The van der Waals surface area contributed by atoms with Crippen molar-refractivity contribution in [3.8, 4) is 5.75 Å². The Labute approximate surface area is 110 Å². The van der Waals surface area contributed by atoms with Crippen molar-refractivity contribution in [3.63, 3.8) is 0 Å². The van der Waals surface area contributed by atoms with Gasteiger partial charge in [0.2, 0.25) is 0 Å². The Morgan fingerprint density at radius 3 is 2.39 bits per heavy atom. The van der Waals surface area contributed by atoms with Gasteiger partial charge in [-0.1, -0.05) is 39.3 Å². The van der Waals surface area contributed by atoms with Gasteiger partial charge in [0.05, 0.1) is 12.4 Å². The molecule has 0 heterocycles. The van der Waals surface area contributed by atoms with Gasteiger partial charge < -0.3 is 10.5 Å². The van der Waals surface area contributed by atoms with Crippen LogP contribution in [0.3, 0.4) is 0 Å². The minimum atomic E-state index is -0.290. The fourth-order valence-corrected chi connectivity index (χ4v) is 1.60. The van der Waals surface area contributed by atoms with E-state index in [0.29, 0.717) is 6.61 Å². The van der Waals surface area contributed by atoms with E-state index in [1.165, 1.54) is 5.56 Å². The number of amidine groups is 1. The van der Waals surface area contributed by atoms with Crippen molar-refractivity contribution in [2.24, 2.45) is 11.1 Å². The Morgan fingerprint density at radius 2 is 1.89 bits per heavy atom. The van der Waals surface area contributed by atoms with Crippen molar-refractivity contribution in [3.05, 3.63) is 29.8 Å². The molecule has 0 amide bonds. The Morgan fingerprint density at radius 1 is 1.28 bits per heavy atom. The molecule has 0 spiro atoms. The summed E-state index contributed by atoms with van der Waals surface area (Å²) in [6, 6.07) is 8.22. The Bertz CT molecular complexity index is 382. The smallest absolute Gasteiger partial charge is 0.119 e. The highest BCUT2D eigenvalue weighted by Crippen LogP contribution is 2.21. The largest absolute Gasteiger partial charge is 0.494 e. The molecule has 1 rings (SSSR count). The normalized spacial score (nSPS) is 11.3. The zero-order valence-electron chi connectivity index (χ0n) is 11.6. The lowest BCUT2D eigenvalue weighted by atomic mass is 9.88. The highest BCUT2D eigenvalue weighted by Gasteiger charge is 2.21. The molecule has 1 aromatic carbocycles. The molecule has 18 heavy (non-hydrogen) atoms. The summed E-state index contributed by atoms with van der Waals surface area (Å²) < 4.78 is 5.67. The lowest BCUT2D eigenvalue weighted by Gasteiger charge is -2.22.